The van der Waals surface area contributed by atoms with Gasteiger partial charge < -0.3 is 10.6 Å². The molecule has 1 fully saturated rings. The predicted molar refractivity (Wildman–Crippen MR) is 84.0 cm³/mol. The third-order valence-corrected chi connectivity index (χ3v) is 4.52. The van der Waals surface area contributed by atoms with Crippen molar-refractivity contribution in [2.45, 2.75) is 45.1 Å². The Kier molecular flexibility index (Phi) is 5.25. The van der Waals surface area contributed by atoms with Crippen LogP contribution in [0.25, 0.3) is 0 Å². The van der Waals surface area contributed by atoms with Crippen LogP contribution in [-0.4, -0.2) is 25.6 Å². The maximum Gasteiger partial charge on any atom is 0.191 e. The van der Waals surface area contributed by atoms with E-state index in [4.69, 9.17) is 0 Å². The molecule has 0 aromatic carbocycles. The highest BCUT2D eigenvalue weighted by atomic mass is 32.1. The molecule has 0 amide bonds. The van der Waals surface area contributed by atoms with Gasteiger partial charge in [-0.05, 0) is 47.1 Å². The summed E-state index contributed by atoms with van der Waals surface area (Å²) in [6.45, 7) is 5.44. The van der Waals surface area contributed by atoms with E-state index >= 15 is 0 Å². The van der Waals surface area contributed by atoms with Crippen molar-refractivity contribution in [1.82, 2.24) is 10.6 Å². The van der Waals surface area contributed by atoms with E-state index in [1.165, 1.54) is 24.8 Å². The lowest BCUT2D eigenvalue weighted by Gasteiger charge is -2.15. The van der Waals surface area contributed by atoms with Gasteiger partial charge in [-0.25, -0.2) is 0 Å². The maximum atomic E-state index is 4.31. The molecule has 0 spiro atoms. The summed E-state index contributed by atoms with van der Waals surface area (Å²) in [5.74, 6) is 2.33. The van der Waals surface area contributed by atoms with Gasteiger partial charge in [0.15, 0.2) is 5.96 Å². The van der Waals surface area contributed by atoms with E-state index < -0.39 is 0 Å². The monoisotopic (exact) mass is 279 g/mol. The summed E-state index contributed by atoms with van der Waals surface area (Å²) >= 11 is 1.76. The Hall–Kier alpha value is -1.03. The van der Waals surface area contributed by atoms with Crippen LogP contribution in [0.1, 0.15) is 44.6 Å². The summed E-state index contributed by atoms with van der Waals surface area (Å²) in [6.07, 6.45) is 3.92. The molecule has 3 nitrogen and oxygen atoms in total. The Morgan fingerprint density at radius 2 is 2.42 bits per heavy atom. The van der Waals surface area contributed by atoms with E-state index in [1.807, 2.05) is 7.05 Å². The van der Waals surface area contributed by atoms with Gasteiger partial charge in [-0.1, -0.05) is 20.3 Å². The molecule has 4 heteroatoms. The quantitative estimate of drug-likeness (QED) is 0.620. The molecule has 1 aliphatic carbocycles. The van der Waals surface area contributed by atoms with Gasteiger partial charge in [0.2, 0.25) is 0 Å². The molecule has 1 aliphatic rings. The zero-order chi connectivity index (χ0) is 13.7. The van der Waals surface area contributed by atoms with Crippen molar-refractivity contribution in [1.29, 1.82) is 0 Å². The van der Waals surface area contributed by atoms with Gasteiger partial charge in [0, 0.05) is 19.6 Å². The summed E-state index contributed by atoms with van der Waals surface area (Å²) in [7, 11) is 1.85. The molecule has 1 saturated carbocycles. The highest BCUT2D eigenvalue weighted by Crippen LogP contribution is 2.34. The number of hydrogen-bond donors (Lipinski definition) is 2. The number of aliphatic imine (C=N–C) groups is 1. The highest BCUT2D eigenvalue weighted by molar-refractivity contribution is 7.07. The van der Waals surface area contributed by atoms with Crippen molar-refractivity contribution in [3.8, 4) is 0 Å². The van der Waals surface area contributed by atoms with Crippen LogP contribution < -0.4 is 10.6 Å². The van der Waals surface area contributed by atoms with Crippen LogP contribution >= 0.6 is 11.3 Å². The van der Waals surface area contributed by atoms with Crippen LogP contribution in [0.4, 0.5) is 0 Å². The van der Waals surface area contributed by atoms with Gasteiger partial charge in [-0.3, -0.25) is 4.99 Å². The highest BCUT2D eigenvalue weighted by Gasteiger charge is 2.36. The van der Waals surface area contributed by atoms with E-state index in [0.717, 1.165) is 18.4 Å². The fourth-order valence-electron chi connectivity index (χ4n) is 2.41. The Morgan fingerprint density at radius 3 is 3.05 bits per heavy atom. The van der Waals surface area contributed by atoms with Crippen LogP contribution in [0.3, 0.4) is 0 Å². The van der Waals surface area contributed by atoms with Crippen LogP contribution in [0.2, 0.25) is 0 Å². The second-order valence-corrected chi connectivity index (χ2v) is 6.23. The zero-order valence-electron chi connectivity index (χ0n) is 12.1. The van der Waals surface area contributed by atoms with Crippen molar-refractivity contribution in [2.24, 2.45) is 10.9 Å². The summed E-state index contributed by atoms with van der Waals surface area (Å²) in [4.78, 5) is 4.31. The van der Waals surface area contributed by atoms with Gasteiger partial charge in [0.25, 0.3) is 0 Å². The standard InChI is InChI=1S/C15H25N3S/c1-4-5-12-8-14(12)18-15(16-3)17-9-11(2)13-6-7-19-10-13/h6-7,10-12,14H,4-5,8-9H2,1-3H3,(H2,16,17,18). The van der Waals surface area contributed by atoms with Crippen molar-refractivity contribution in [3.63, 3.8) is 0 Å². The average Bonchev–Trinajstić information content (AvgIpc) is 2.94. The molecule has 3 unspecified atom stereocenters. The largest absolute Gasteiger partial charge is 0.356 e. The summed E-state index contributed by atoms with van der Waals surface area (Å²) < 4.78 is 0. The van der Waals surface area contributed by atoms with Crippen molar-refractivity contribution in [2.75, 3.05) is 13.6 Å². The lowest BCUT2D eigenvalue weighted by molar-refractivity contribution is 0.647. The van der Waals surface area contributed by atoms with Crippen molar-refractivity contribution >= 4 is 17.3 Å². The molecule has 1 heterocycles. The molecule has 1 aromatic rings. The molecule has 1 aromatic heterocycles. The second kappa shape index (κ2) is 6.94. The van der Waals surface area contributed by atoms with Gasteiger partial charge >= 0.3 is 0 Å². The van der Waals surface area contributed by atoms with Gasteiger partial charge in [0.05, 0.1) is 0 Å². The van der Waals surface area contributed by atoms with Gasteiger partial charge in [0.1, 0.15) is 0 Å². The molecule has 0 aliphatic heterocycles. The molecule has 19 heavy (non-hydrogen) atoms. The minimum atomic E-state index is 0.524. The Morgan fingerprint density at radius 1 is 1.58 bits per heavy atom. The predicted octanol–water partition coefficient (Wildman–Crippen LogP) is 3.21. The lowest BCUT2D eigenvalue weighted by atomic mass is 10.1. The van der Waals surface area contributed by atoms with Gasteiger partial charge in [-0.2, -0.15) is 11.3 Å². The van der Waals surface area contributed by atoms with E-state index in [2.05, 4.69) is 46.3 Å². The first-order valence-electron chi connectivity index (χ1n) is 7.23. The fourth-order valence-corrected chi connectivity index (χ4v) is 3.19. The molecule has 2 rings (SSSR count). The van der Waals surface area contributed by atoms with Crippen LogP contribution in [0.5, 0.6) is 0 Å². The Bertz CT molecular complexity index is 400. The minimum absolute atomic E-state index is 0.524. The number of nitrogens with zero attached hydrogens (tertiary/aromatic N) is 1. The van der Waals surface area contributed by atoms with Crippen LogP contribution in [0.15, 0.2) is 21.8 Å². The molecule has 0 saturated heterocycles. The van der Waals surface area contributed by atoms with Crippen molar-refractivity contribution in [3.05, 3.63) is 22.4 Å². The van der Waals surface area contributed by atoms with Crippen LogP contribution in [-0.2, 0) is 0 Å². The minimum Gasteiger partial charge on any atom is -0.356 e. The van der Waals surface area contributed by atoms with E-state index in [1.54, 1.807) is 11.3 Å². The normalized spacial score (nSPS) is 24.1. The molecular weight excluding hydrogens is 254 g/mol. The third kappa shape index (κ3) is 4.23. The topological polar surface area (TPSA) is 36.4 Å². The summed E-state index contributed by atoms with van der Waals surface area (Å²) in [5, 5.41) is 11.3. The molecule has 106 valence electrons. The molecule has 2 N–H and O–H groups in total. The molecular formula is C15H25N3S. The van der Waals surface area contributed by atoms with Crippen LogP contribution in [0, 0.1) is 5.92 Å². The third-order valence-electron chi connectivity index (χ3n) is 3.82. The number of thiophene rings is 1. The zero-order valence-corrected chi connectivity index (χ0v) is 13.0. The number of rotatable bonds is 6. The molecule has 3 atom stereocenters. The smallest absolute Gasteiger partial charge is 0.191 e. The first-order valence-corrected chi connectivity index (χ1v) is 8.18. The second-order valence-electron chi connectivity index (χ2n) is 5.45. The average molecular weight is 279 g/mol. The maximum absolute atomic E-state index is 4.31. The number of hydrogen-bond acceptors (Lipinski definition) is 2. The van der Waals surface area contributed by atoms with E-state index in [0.29, 0.717) is 12.0 Å². The van der Waals surface area contributed by atoms with Gasteiger partial charge in [-0.15, -0.1) is 0 Å². The Balaban J connectivity index is 1.72. The molecule has 0 radical (unpaired) electrons. The first-order chi connectivity index (χ1) is 9.24. The van der Waals surface area contributed by atoms with E-state index in [-0.39, 0.29) is 0 Å². The lowest BCUT2D eigenvalue weighted by Crippen LogP contribution is -2.40. The SMILES string of the molecule is CCCC1CC1NC(=NC)NCC(C)c1ccsc1. The number of nitrogens with one attached hydrogen (secondary N) is 2. The fraction of sp³-hybridized carbons (Fsp3) is 0.667. The number of guanidine groups is 1. The summed E-state index contributed by atoms with van der Waals surface area (Å²) in [6, 6.07) is 2.84. The summed E-state index contributed by atoms with van der Waals surface area (Å²) in [5.41, 5.74) is 1.41. The molecule has 0 bridgehead atoms. The van der Waals surface area contributed by atoms with E-state index in [9.17, 15) is 0 Å². The first kappa shape index (κ1) is 14.4. The Labute approximate surface area is 120 Å². The van der Waals surface area contributed by atoms with Crippen molar-refractivity contribution < 1.29 is 0 Å².